The largest absolute Gasteiger partial charge is 0.196 e. The van der Waals surface area contributed by atoms with Crippen molar-refractivity contribution in [3.8, 4) is 11.1 Å². The minimum Gasteiger partial charge on any atom is -0.196 e. The Morgan fingerprint density at radius 3 is 1.77 bits per heavy atom. The van der Waals surface area contributed by atoms with Crippen LogP contribution in [0.4, 0.5) is 0 Å². The Labute approximate surface area is 216 Å². The monoisotopic (exact) mass is 562 g/mol. The van der Waals surface area contributed by atoms with Gasteiger partial charge in [0.05, 0.1) is 0 Å². The predicted octanol–water partition coefficient (Wildman–Crippen LogP) is 9.61. The molecule has 0 unspecified atom stereocenters. The van der Waals surface area contributed by atoms with Crippen molar-refractivity contribution in [1.82, 2.24) is 0 Å². The van der Waals surface area contributed by atoms with Crippen LogP contribution in [0.1, 0.15) is 22.3 Å². The fourth-order valence-corrected chi connectivity index (χ4v) is 4.32. The van der Waals surface area contributed by atoms with E-state index in [-0.39, 0.29) is 5.43 Å². The van der Waals surface area contributed by atoms with Crippen LogP contribution < -0.4 is 0 Å². The summed E-state index contributed by atoms with van der Waals surface area (Å²) in [6.45, 7) is 13.3. The fourth-order valence-electron chi connectivity index (χ4n) is 3.30. The molecule has 4 rings (SSSR count). The number of benzene rings is 2. The summed E-state index contributed by atoms with van der Waals surface area (Å²) in [6, 6.07) is 17.9. The molecule has 0 saturated heterocycles. The van der Waals surface area contributed by atoms with Crippen molar-refractivity contribution in [2.45, 2.75) is 40.8 Å². The van der Waals surface area contributed by atoms with E-state index in [1.165, 1.54) is 27.6 Å². The first-order chi connectivity index (χ1) is 14.5. The molecule has 0 aliphatic rings. The molecule has 0 spiro atoms. The van der Waals surface area contributed by atoms with Gasteiger partial charge in [0.1, 0.15) is 0 Å². The van der Waals surface area contributed by atoms with Crippen LogP contribution in [0.2, 0.25) is 28.2 Å². The Balaban J connectivity index is 0.000000220. The molecule has 0 aliphatic heterocycles. The zero-order valence-electron chi connectivity index (χ0n) is 18.8. The van der Waals surface area contributed by atoms with Gasteiger partial charge >= 0.3 is 41.9 Å². The zero-order valence-corrected chi connectivity index (χ0v) is 24.6. The predicted molar refractivity (Wildman–Crippen MR) is 138 cm³/mol. The van der Waals surface area contributed by atoms with E-state index in [4.69, 9.17) is 34.8 Å². The van der Waals surface area contributed by atoms with Crippen molar-refractivity contribution in [2.24, 2.45) is 0 Å². The van der Waals surface area contributed by atoms with Crippen molar-refractivity contribution in [1.29, 1.82) is 0 Å². The summed E-state index contributed by atoms with van der Waals surface area (Å²) >= 11 is 20.2. The third kappa shape index (κ3) is 7.18. The molecule has 0 fully saturated rings. The number of halogens is 3. The van der Waals surface area contributed by atoms with E-state index < -0.39 is 0 Å². The van der Waals surface area contributed by atoms with Crippen LogP contribution in [-0.4, -0.2) is 5.43 Å². The molecule has 0 nitrogen and oxygen atoms in total. The molecule has 160 valence electrons. The summed E-state index contributed by atoms with van der Waals surface area (Å²) in [7, 11) is 0. The summed E-state index contributed by atoms with van der Waals surface area (Å²) < 4.78 is 0. The van der Waals surface area contributed by atoms with Crippen LogP contribution >= 0.6 is 34.8 Å². The average Bonchev–Trinajstić information content (AvgIpc) is 3.18. The molecule has 0 saturated carbocycles. The molecule has 4 aromatic carbocycles. The van der Waals surface area contributed by atoms with E-state index in [1.54, 1.807) is 35.5 Å². The zero-order chi connectivity index (χ0) is 23.3. The van der Waals surface area contributed by atoms with Gasteiger partial charge < -0.3 is 0 Å². The maximum absolute atomic E-state index is 6.26. The molecule has 0 atom stereocenters. The number of fused-ring (bicyclic) bond motifs is 1. The molecule has 0 heterocycles. The van der Waals surface area contributed by atoms with Crippen LogP contribution in [0.15, 0.2) is 54.6 Å². The van der Waals surface area contributed by atoms with Crippen LogP contribution in [0, 0.1) is 27.7 Å². The summed E-state index contributed by atoms with van der Waals surface area (Å²) in [4.78, 5) is 0. The van der Waals surface area contributed by atoms with Crippen LogP contribution in [0.25, 0.3) is 21.9 Å². The quantitative estimate of drug-likeness (QED) is 0.159. The Hall–Kier alpha value is -0.630. The molecule has 31 heavy (non-hydrogen) atoms. The molecule has 0 radical (unpaired) electrons. The second-order valence-electron chi connectivity index (χ2n) is 7.84. The van der Waals surface area contributed by atoms with Gasteiger partial charge in [-0.25, -0.2) is 0 Å². The first-order valence-corrected chi connectivity index (χ1v) is 17.4. The average molecular weight is 565 g/mol. The Morgan fingerprint density at radius 2 is 1.32 bits per heavy atom. The topological polar surface area (TPSA) is 0 Å². The molecule has 4 aromatic rings. The van der Waals surface area contributed by atoms with Gasteiger partial charge in [-0.1, -0.05) is 68.6 Å². The SMILES string of the molecule is C[Si](C)=[Zr+2].Cc1[cH-]c(C)c(C)c1C.Clc1cc(Cl)c(-c2c[cH-]c3ccccc23)c(Cl)c1. The third-order valence-corrected chi connectivity index (χ3v) is 5.95. The molecule has 0 amide bonds. The van der Waals surface area contributed by atoms with Crippen molar-refractivity contribution < 1.29 is 23.3 Å². The summed E-state index contributed by atoms with van der Waals surface area (Å²) in [5, 5.41) is 4.01. The molecule has 0 N–H and O–H groups in total. The summed E-state index contributed by atoms with van der Waals surface area (Å²) in [5.41, 5.74) is 7.83. The summed E-state index contributed by atoms with van der Waals surface area (Å²) in [6.07, 6.45) is 0. The van der Waals surface area contributed by atoms with Gasteiger partial charge in [0, 0.05) is 15.1 Å². The van der Waals surface area contributed by atoms with E-state index in [2.05, 4.69) is 65.1 Å². The van der Waals surface area contributed by atoms with Crippen molar-refractivity contribution in [3.63, 3.8) is 0 Å². The van der Waals surface area contributed by atoms with Crippen LogP contribution in [-0.2, 0) is 23.3 Å². The van der Waals surface area contributed by atoms with Gasteiger partial charge in [0.25, 0.3) is 0 Å². The van der Waals surface area contributed by atoms with Gasteiger partial charge in [0.2, 0.25) is 0 Å². The minimum absolute atomic E-state index is 0.210. The Morgan fingerprint density at radius 1 is 0.839 bits per heavy atom. The van der Waals surface area contributed by atoms with Crippen molar-refractivity contribution in [3.05, 3.63) is 91.9 Å². The number of aryl methyl sites for hydroxylation is 2. The van der Waals surface area contributed by atoms with Gasteiger partial charge in [-0.2, -0.15) is 28.3 Å². The normalized spacial score (nSPS) is 10.3. The van der Waals surface area contributed by atoms with Gasteiger partial charge in [0.15, 0.2) is 0 Å². The van der Waals surface area contributed by atoms with Crippen molar-refractivity contribution >= 4 is 51.0 Å². The first kappa shape index (κ1) is 26.6. The second-order valence-corrected chi connectivity index (χ2v) is 18.5. The molecular formula is C26H27Cl3SiZr. The van der Waals surface area contributed by atoms with E-state index in [0.29, 0.717) is 15.1 Å². The molecule has 0 aromatic heterocycles. The molecule has 5 heteroatoms. The van der Waals surface area contributed by atoms with E-state index >= 15 is 0 Å². The molecular weight excluding hydrogens is 538 g/mol. The fraction of sp³-hybridized carbons (Fsp3) is 0.231. The smallest absolute Gasteiger partial charge is 0.0435 e. The van der Waals surface area contributed by atoms with Gasteiger partial charge in [-0.05, 0) is 17.7 Å². The molecule has 0 aliphatic carbocycles. The van der Waals surface area contributed by atoms with E-state index in [0.717, 1.165) is 16.5 Å². The van der Waals surface area contributed by atoms with E-state index in [1.807, 2.05) is 18.2 Å². The first-order valence-electron chi connectivity index (χ1n) is 10.0. The van der Waals surface area contributed by atoms with Crippen LogP contribution in [0.3, 0.4) is 0 Å². The molecule has 0 bridgehead atoms. The number of hydrogen-bond donors (Lipinski definition) is 0. The Bertz CT molecular complexity index is 1150. The van der Waals surface area contributed by atoms with Crippen LogP contribution in [0.5, 0.6) is 0 Å². The Kier molecular flexibility index (Phi) is 10.3. The third-order valence-electron chi connectivity index (χ3n) is 5.14. The number of hydrogen-bond acceptors (Lipinski definition) is 0. The van der Waals surface area contributed by atoms with Crippen molar-refractivity contribution in [2.75, 3.05) is 0 Å². The second kappa shape index (κ2) is 12.0. The number of rotatable bonds is 1. The van der Waals surface area contributed by atoms with E-state index in [9.17, 15) is 0 Å². The maximum atomic E-state index is 6.26. The minimum atomic E-state index is 0.210. The standard InChI is InChI=1S/C15H8Cl3.C9H13.C2H6Si.Zr/c16-10-7-13(17)15(14(18)8-10)12-6-5-9-3-1-2-4-11(9)12;1-6-5-7(2)9(4)8(6)3;1-3-2;/h1-8H;5H,1-4H3;1-2H3;/q2*-1;;+2. The maximum Gasteiger partial charge on any atom is 0.0435 e. The summed E-state index contributed by atoms with van der Waals surface area (Å²) in [5.74, 6) is 0. The van der Waals surface area contributed by atoms with Gasteiger partial charge in [-0.3, -0.25) is 0 Å². The van der Waals surface area contributed by atoms with Gasteiger partial charge in [-0.15, -0.1) is 46.7 Å².